The molecule has 164 valence electrons. The monoisotopic (exact) mass is 487 g/mol. The van der Waals surface area contributed by atoms with Crippen molar-refractivity contribution < 1.29 is 18.4 Å². The van der Waals surface area contributed by atoms with Crippen molar-refractivity contribution in [3.8, 4) is 5.75 Å². The van der Waals surface area contributed by atoms with Gasteiger partial charge in [0.05, 0.1) is 34.3 Å². The number of benzene rings is 1. The Morgan fingerprint density at radius 1 is 1.24 bits per heavy atom. The van der Waals surface area contributed by atoms with Crippen LogP contribution in [-0.2, 0) is 16.4 Å². The zero-order valence-corrected chi connectivity index (χ0v) is 20.5. The van der Waals surface area contributed by atoms with Crippen LogP contribution in [0, 0.1) is 0 Å². The van der Waals surface area contributed by atoms with E-state index in [0.29, 0.717) is 28.6 Å². The van der Waals surface area contributed by atoms with Gasteiger partial charge in [0.15, 0.2) is 9.84 Å². The number of unbranched alkanes of at least 4 members (excludes halogenated alkanes) is 1. The highest BCUT2D eigenvalue weighted by Crippen LogP contribution is 2.39. The van der Waals surface area contributed by atoms with Crippen molar-refractivity contribution in [1.29, 1.82) is 0 Å². The van der Waals surface area contributed by atoms with Gasteiger partial charge in [0.25, 0.3) is 0 Å². The van der Waals surface area contributed by atoms with Crippen molar-refractivity contribution >= 4 is 25.8 Å². The van der Waals surface area contributed by atoms with Crippen LogP contribution in [0.25, 0.3) is 0 Å². The summed E-state index contributed by atoms with van der Waals surface area (Å²) in [5, 5.41) is 11.9. The zero-order valence-electron chi connectivity index (χ0n) is 18.1. The predicted molar refractivity (Wildman–Crippen MR) is 122 cm³/mol. The second-order valence-electron chi connectivity index (χ2n) is 7.14. The van der Waals surface area contributed by atoms with Crippen LogP contribution < -0.4 is 4.74 Å². The van der Waals surface area contributed by atoms with Crippen molar-refractivity contribution in [3.63, 3.8) is 0 Å². The summed E-state index contributed by atoms with van der Waals surface area (Å²) in [6.07, 6.45) is 11.1. The molecule has 29 heavy (non-hydrogen) atoms. The molecule has 0 saturated carbocycles. The molecule has 0 saturated heterocycles. The second-order valence-corrected chi connectivity index (χ2v) is 9.96. The highest BCUT2D eigenvalue weighted by atomic mass is 79.9. The zero-order chi connectivity index (χ0) is 22.1. The van der Waals surface area contributed by atoms with Crippen LogP contribution in [0.15, 0.2) is 45.8 Å². The fourth-order valence-corrected chi connectivity index (χ4v) is 6.09. The van der Waals surface area contributed by atoms with E-state index in [4.69, 9.17) is 4.74 Å². The molecule has 1 heterocycles. The Morgan fingerprint density at radius 3 is 2.34 bits per heavy atom. The van der Waals surface area contributed by atoms with Crippen LogP contribution in [0.1, 0.15) is 58.9 Å². The molecule has 0 fully saturated rings. The van der Waals surface area contributed by atoms with Crippen LogP contribution >= 0.6 is 15.9 Å². The first-order valence-electron chi connectivity index (χ1n) is 10.0. The summed E-state index contributed by atoms with van der Waals surface area (Å²) < 4.78 is 31.8. The Hall–Kier alpha value is -1.15. The minimum atomic E-state index is -3.51. The lowest BCUT2D eigenvalue weighted by Crippen LogP contribution is -2.49. The van der Waals surface area contributed by atoms with Crippen molar-refractivity contribution in [2.24, 2.45) is 0 Å². The maximum Gasteiger partial charge on any atom is 0.180 e. The van der Waals surface area contributed by atoms with Gasteiger partial charge in [-0.1, -0.05) is 51.0 Å². The van der Waals surface area contributed by atoms with E-state index in [2.05, 4.69) is 22.9 Å². The summed E-state index contributed by atoms with van der Waals surface area (Å²) in [5.74, 6) is 0.402. The van der Waals surface area contributed by atoms with E-state index in [9.17, 15) is 13.6 Å². The lowest BCUT2D eigenvalue weighted by molar-refractivity contribution is -0.178. The first kappa shape index (κ1) is 25.9. The van der Waals surface area contributed by atoms with Crippen LogP contribution in [-0.4, -0.2) is 37.1 Å². The summed E-state index contributed by atoms with van der Waals surface area (Å²) in [6, 6.07) is 3.27. The highest BCUT2D eigenvalue weighted by Gasteiger charge is 2.43. The third-order valence-electron chi connectivity index (χ3n) is 5.15. The minimum absolute atomic E-state index is 0.0786. The maximum absolute atomic E-state index is 12.9. The molecule has 0 aromatic heterocycles. The van der Waals surface area contributed by atoms with Gasteiger partial charge >= 0.3 is 0 Å². The topological polar surface area (TPSA) is 66.8 Å². The van der Waals surface area contributed by atoms with Crippen molar-refractivity contribution in [1.82, 2.24) is 5.06 Å². The lowest BCUT2D eigenvalue weighted by atomic mass is 9.91. The molecule has 0 aliphatic carbocycles. The first-order chi connectivity index (χ1) is 13.7. The Bertz CT molecular complexity index is 810. The molecule has 1 aliphatic rings. The van der Waals surface area contributed by atoms with E-state index in [1.807, 2.05) is 45.1 Å². The minimum Gasteiger partial charge on any atom is -0.496 e. The first-order valence-corrected chi connectivity index (χ1v) is 12.5. The van der Waals surface area contributed by atoms with E-state index in [-0.39, 0.29) is 17.2 Å². The molecule has 0 radical (unpaired) electrons. The van der Waals surface area contributed by atoms with E-state index < -0.39 is 15.4 Å². The van der Waals surface area contributed by atoms with Gasteiger partial charge in [-0.2, -0.15) is 5.06 Å². The molecule has 7 heteroatoms. The Labute approximate surface area is 184 Å². The standard InChI is InChI=1S/C16H24BrNO4S.C6H10/c1-4-6-7-16(5-2)11-23(20,21)15-9-14(22-3)13(17)8-12(15)10-18(16)19;1-3-5-6-4-2/h8-9,19H,4-7,10-11H2,1-3H3;3-6H,1-2H3/b;5-3-,6-4-/t16-;/m1./s1. The van der Waals surface area contributed by atoms with Gasteiger partial charge in [-0.25, -0.2) is 8.42 Å². The number of rotatable bonds is 6. The third kappa shape index (κ3) is 6.67. The Kier molecular flexibility index (Phi) is 10.6. The van der Waals surface area contributed by atoms with Crippen LogP contribution in [0.4, 0.5) is 0 Å². The molecular formula is C22H34BrNO4S. The summed E-state index contributed by atoms with van der Waals surface area (Å²) in [7, 11) is -2.01. The third-order valence-corrected chi connectivity index (χ3v) is 7.73. The molecule has 0 amide bonds. The van der Waals surface area contributed by atoms with Crippen LogP contribution in [0.3, 0.4) is 0 Å². The Balaban J connectivity index is 0.000000612. The maximum atomic E-state index is 12.9. The molecule has 1 aliphatic heterocycles. The number of hydroxylamine groups is 2. The van der Waals surface area contributed by atoms with Crippen LogP contribution in [0.2, 0.25) is 0 Å². The number of allylic oxidation sites excluding steroid dienone is 4. The molecule has 0 unspecified atom stereocenters. The van der Waals surface area contributed by atoms with Crippen molar-refractivity contribution in [2.75, 3.05) is 12.9 Å². The molecule has 1 atom stereocenters. The number of nitrogens with zero attached hydrogens (tertiary/aromatic N) is 1. The largest absolute Gasteiger partial charge is 0.496 e. The van der Waals surface area contributed by atoms with Crippen LogP contribution in [0.5, 0.6) is 5.75 Å². The molecule has 1 aromatic carbocycles. The number of methoxy groups -OCH3 is 1. The smallest absolute Gasteiger partial charge is 0.180 e. The summed E-state index contributed by atoms with van der Waals surface area (Å²) in [4.78, 5) is 0.253. The average molecular weight is 488 g/mol. The molecule has 2 rings (SSSR count). The van der Waals surface area contributed by atoms with Crippen molar-refractivity contribution in [3.05, 3.63) is 46.5 Å². The molecule has 1 aromatic rings. The van der Waals surface area contributed by atoms with Gasteiger partial charge in [0.2, 0.25) is 0 Å². The summed E-state index contributed by atoms with van der Waals surface area (Å²) in [6.45, 7) is 8.18. The van der Waals surface area contributed by atoms with Gasteiger partial charge in [-0.3, -0.25) is 0 Å². The van der Waals surface area contributed by atoms with Gasteiger partial charge in [-0.15, -0.1) is 0 Å². The van der Waals surface area contributed by atoms with Gasteiger partial charge in [-0.05, 0) is 54.2 Å². The summed E-state index contributed by atoms with van der Waals surface area (Å²) in [5.41, 5.74) is -0.153. The van der Waals surface area contributed by atoms with E-state index in [0.717, 1.165) is 12.8 Å². The SMILES string of the molecule is C/C=C\C=C/C.CCCC[C@]1(CC)CS(=O)(=O)c2cc(OC)c(Br)cc2CN1O. The van der Waals surface area contributed by atoms with Gasteiger partial charge < -0.3 is 9.94 Å². The second kappa shape index (κ2) is 11.9. The number of hydrogen-bond donors (Lipinski definition) is 1. The van der Waals surface area contributed by atoms with Gasteiger partial charge in [0.1, 0.15) is 5.75 Å². The highest BCUT2D eigenvalue weighted by molar-refractivity contribution is 9.10. The molecular weight excluding hydrogens is 454 g/mol. The average Bonchev–Trinajstić information content (AvgIpc) is 2.77. The normalized spacial score (nSPS) is 21.5. The number of fused-ring (bicyclic) bond motifs is 1. The Morgan fingerprint density at radius 2 is 1.86 bits per heavy atom. The quantitative estimate of drug-likeness (QED) is 0.504. The number of sulfone groups is 1. The van der Waals surface area contributed by atoms with E-state index in [1.165, 1.54) is 12.2 Å². The number of hydrogen-bond acceptors (Lipinski definition) is 5. The van der Waals surface area contributed by atoms with E-state index >= 15 is 0 Å². The fraction of sp³-hybridized carbons (Fsp3) is 0.545. The number of halogens is 1. The molecule has 5 nitrogen and oxygen atoms in total. The summed E-state index contributed by atoms with van der Waals surface area (Å²) >= 11 is 3.39. The lowest BCUT2D eigenvalue weighted by Gasteiger charge is -2.37. The van der Waals surface area contributed by atoms with Gasteiger partial charge in [0, 0.05) is 6.07 Å². The molecule has 0 spiro atoms. The fourth-order valence-electron chi connectivity index (χ4n) is 3.37. The molecule has 0 bridgehead atoms. The van der Waals surface area contributed by atoms with Crippen molar-refractivity contribution in [2.45, 2.75) is 70.4 Å². The molecule has 1 N–H and O–H groups in total. The van der Waals surface area contributed by atoms with E-state index in [1.54, 1.807) is 12.1 Å². The predicted octanol–water partition coefficient (Wildman–Crippen LogP) is 5.91. The number of ether oxygens (including phenoxy) is 1.